The van der Waals surface area contributed by atoms with Crippen LogP contribution in [0.4, 0.5) is 0 Å². The van der Waals surface area contributed by atoms with Crippen LogP contribution in [-0.4, -0.2) is 52.7 Å². The van der Waals surface area contributed by atoms with Gasteiger partial charge in [-0.1, -0.05) is 0 Å². The zero-order valence-electron chi connectivity index (χ0n) is 22.6. The fourth-order valence-corrected chi connectivity index (χ4v) is 5.94. The third-order valence-corrected chi connectivity index (χ3v) is 8.18. The standard InChI is InChI=1S/C27H18N8O7S/c1-9-17-25-31-15(7-39-25)27-32-16(8-43-27)23-34-19(11(3)41-23)26-35-18(10(2)42-26)24-30-13(5-38-24)21-28-12(4-36-21)20-29-14(6-37-20)22(33-17)40-9/h4-7,9,16-17H,8H2,1-3H3/t9?,16-,17?/m0/s1. The number of hydrogen-bond acceptors (Lipinski definition) is 16. The van der Waals surface area contributed by atoms with Crippen LogP contribution in [-0.2, 0) is 4.74 Å². The minimum Gasteiger partial charge on any atom is -0.470 e. The van der Waals surface area contributed by atoms with Crippen LogP contribution >= 0.6 is 11.8 Å². The van der Waals surface area contributed by atoms with E-state index in [4.69, 9.17) is 41.2 Å². The molecule has 2 unspecified atom stereocenters. The third-order valence-electron chi connectivity index (χ3n) is 7.11. The second-order valence-corrected chi connectivity index (χ2v) is 11.0. The van der Waals surface area contributed by atoms with Crippen LogP contribution in [0.5, 0.6) is 0 Å². The maximum atomic E-state index is 6.02. The van der Waals surface area contributed by atoms with Crippen molar-refractivity contribution in [3.63, 3.8) is 0 Å². The zero-order chi connectivity index (χ0) is 28.8. The van der Waals surface area contributed by atoms with Gasteiger partial charge >= 0.3 is 0 Å². The first-order valence-corrected chi connectivity index (χ1v) is 14.2. The van der Waals surface area contributed by atoms with Crippen molar-refractivity contribution in [2.45, 2.75) is 39.0 Å². The van der Waals surface area contributed by atoms with Gasteiger partial charge in [0.15, 0.2) is 34.5 Å². The summed E-state index contributed by atoms with van der Waals surface area (Å²) in [5.74, 6) is 3.73. The van der Waals surface area contributed by atoms with Gasteiger partial charge in [0.1, 0.15) is 59.5 Å². The quantitative estimate of drug-likeness (QED) is 0.217. The van der Waals surface area contributed by atoms with Crippen molar-refractivity contribution in [2.24, 2.45) is 9.98 Å². The van der Waals surface area contributed by atoms with Crippen molar-refractivity contribution >= 4 is 22.7 Å². The summed E-state index contributed by atoms with van der Waals surface area (Å²) in [4.78, 5) is 37.0. The Labute approximate surface area is 244 Å². The lowest BCUT2D eigenvalue weighted by Gasteiger charge is -2.08. The Morgan fingerprint density at radius 1 is 0.651 bits per heavy atom. The number of fused-ring (bicyclic) bond motifs is 22. The predicted molar refractivity (Wildman–Crippen MR) is 146 cm³/mol. The molecule has 3 atom stereocenters. The lowest BCUT2D eigenvalue weighted by Crippen LogP contribution is -2.13. The normalized spacial score (nSPS) is 20.5. The molecule has 214 valence electrons. The van der Waals surface area contributed by atoms with Gasteiger partial charge in [-0.15, -0.1) is 11.8 Å². The fraction of sp³-hybridized carbons (Fsp3) is 0.259. The van der Waals surface area contributed by atoms with Crippen molar-refractivity contribution < 1.29 is 31.2 Å². The van der Waals surface area contributed by atoms with Crippen LogP contribution in [0.3, 0.4) is 0 Å². The molecule has 16 bridgehead atoms. The number of thioether (sulfide) groups is 1. The zero-order valence-corrected chi connectivity index (χ0v) is 23.4. The molecule has 0 N–H and O–H groups in total. The Morgan fingerprint density at radius 2 is 1.33 bits per heavy atom. The van der Waals surface area contributed by atoms with Crippen LogP contribution < -0.4 is 0 Å². The Hall–Kier alpha value is -5.25. The molecule has 16 heteroatoms. The molecule has 0 saturated heterocycles. The Morgan fingerprint density at radius 3 is 2.16 bits per heavy atom. The summed E-state index contributed by atoms with van der Waals surface area (Å²) >= 11 is 1.54. The number of oxazole rings is 6. The molecule has 3 aliphatic rings. The highest BCUT2D eigenvalue weighted by molar-refractivity contribution is 8.14. The molecule has 3 aliphatic heterocycles. The molecule has 0 aliphatic carbocycles. The lowest BCUT2D eigenvalue weighted by molar-refractivity contribution is 0.199. The second kappa shape index (κ2) is 8.87. The second-order valence-electron chi connectivity index (χ2n) is 10.0. The first-order valence-electron chi connectivity index (χ1n) is 13.2. The van der Waals surface area contributed by atoms with E-state index in [1.165, 1.54) is 30.6 Å². The van der Waals surface area contributed by atoms with Gasteiger partial charge in [0.2, 0.25) is 41.2 Å². The first-order chi connectivity index (χ1) is 21.0. The molecule has 0 spiro atoms. The largest absolute Gasteiger partial charge is 0.470 e. The molecule has 9 heterocycles. The summed E-state index contributed by atoms with van der Waals surface area (Å²) < 4.78 is 40.8. The molecular weight excluding hydrogens is 580 g/mol. The van der Waals surface area contributed by atoms with Crippen molar-refractivity contribution in [1.82, 2.24) is 29.9 Å². The van der Waals surface area contributed by atoms with E-state index in [1.54, 1.807) is 20.1 Å². The van der Waals surface area contributed by atoms with Crippen molar-refractivity contribution in [1.29, 1.82) is 0 Å². The lowest BCUT2D eigenvalue weighted by atomic mass is 10.2. The van der Waals surface area contributed by atoms with Gasteiger partial charge in [0.05, 0.1) is 0 Å². The fourth-order valence-electron chi connectivity index (χ4n) is 4.96. The van der Waals surface area contributed by atoms with Crippen molar-refractivity contribution in [3.8, 4) is 46.3 Å². The molecule has 6 aromatic heterocycles. The summed E-state index contributed by atoms with van der Waals surface area (Å²) in [6.45, 7) is 5.45. The highest BCUT2D eigenvalue weighted by Crippen LogP contribution is 2.38. The number of hydrogen-bond donors (Lipinski definition) is 0. The van der Waals surface area contributed by atoms with E-state index in [0.29, 0.717) is 74.2 Å². The van der Waals surface area contributed by atoms with Gasteiger partial charge in [-0.05, 0) is 20.8 Å². The molecule has 9 rings (SSSR count). The van der Waals surface area contributed by atoms with Crippen LogP contribution in [0.15, 0.2) is 61.5 Å². The molecule has 0 saturated carbocycles. The van der Waals surface area contributed by atoms with Crippen molar-refractivity contribution in [3.05, 3.63) is 59.7 Å². The summed E-state index contributed by atoms with van der Waals surface area (Å²) in [5.41, 5.74) is 2.58. The molecule has 0 fully saturated rings. The minimum atomic E-state index is -0.483. The highest BCUT2D eigenvalue weighted by atomic mass is 32.2. The number of aliphatic imine (C=N–C) groups is 2. The van der Waals surface area contributed by atoms with Gasteiger partial charge in [0, 0.05) is 5.75 Å². The molecule has 0 aromatic carbocycles. The Bertz CT molecular complexity index is 2110. The summed E-state index contributed by atoms with van der Waals surface area (Å²) in [5, 5.41) is 0.713. The van der Waals surface area contributed by atoms with E-state index >= 15 is 0 Å². The summed E-state index contributed by atoms with van der Waals surface area (Å²) in [6, 6.07) is -0.809. The van der Waals surface area contributed by atoms with Gasteiger partial charge in [-0.25, -0.2) is 34.9 Å². The molecule has 15 nitrogen and oxygen atoms in total. The smallest absolute Gasteiger partial charge is 0.249 e. The molecule has 6 aromatic rings. The summed E-state index contributed by atoms with van der Waals surface area (Å²) in [6.07, 6.45) is 5.49. The average molecular weight is 599 g/mol. The molecule has 43 heavy (non-hydrogen) atoms. The molecule has 0 amide bonds. The number of nitrogens with zero attached hydrogens (tertiary/aromatic N) is 8. The Balaban J connectivity index is 1.17. The monoisotopic (exact) mass is 598 g/mol. The van der Waals surface area contributed by atoms with Gasteiger partial charge < -0.3 is 31.2 Å². The van der Waals surface area contributed by atoms with Crippen LogP contribution in [0.25, 0.3) is 46.3 Å². The summed E-state index contributed by atoms with van der Waals surface area (Å²) in [7, 11) is 0. The number of rotatable bonds is 0. The van der Waals surface area contributed by atoms with Crippen LogP contribution in [0, 0.1) is 13.8 Å². The number of ether oxygens (including phenoxy) is 1. The van der Waals surface area contributed by atoms with E-state index in [-0.39, 0.29) is 35.7 Å². The van der Waals surface area contributed by atoms with Gasteiger partial charge in [-0.3, -0.25) is 4.99 Å². The van der Waals surface area contributed by atoms with E-state index in [9.17, 15) is 0 Å². The van der Waals surface area contributed by atoms with E-state index in [0.717, 1.165) is 0 Å². The number of aromatic nitrogens is 6. The maximum Gasteiger partial charge on any atom is 0.249 e. The van der Waals surface area contributed by atoms with Crippen LogP contribution in [0.2, 0.25) is 0 Å². The van der Waals surface area contributed by atoms with E-state index in [2.05, 4.69) is 29.9 Å². The topological polar surface area (TPSA) is 190 Å². The third kappa shape index (κ3) is 3.82. The first kappa shape index (κ1) is 24.4. The van der Waals surface area contributed by atoms with E-state index < -0.39 is 6.04 Å². The SMILES string of the molecule is Cc1oc2nc1-c1nc(co1)-c1nc(co1)-c1nc(co1)C1=NC(c3nc(co3)C3=N[C@@H](CS3)c3nc-2c(C)o3)C(C)O1. The predicted octanol–water partition coefficient (Wildman–Crippen LogP) is 5.35. The Kier molecular flexibility index (Phi) is 5.03. The van der Waals surface area contributed by atoms with Crippen LogP contribution in [0.1, 0.15) is 53.7 Å². The molecular formula is C27H18N8O7S. The van der Waals surface area contributed by atoms with Gasteiger partial charge in [-0.2, -0.15) is 0 Å². The minimum absolute atomic E-state index is 0.203. The van der Waals surface area contributed by atoms with Crippen molar-refractivity contribution in [2.75, 3.05) is 5.75 Å². The molecule has 0 radical (unpaired) electrons. The average Bonchev–Trinajstić information content (AvgIpc) is 3.83. The maximum absolute atomic E-state index is 6.02. The highest BCUT2D eigenvalue weighted by Gasteiger charge is 2.36. The number of aryl methyl sites for hydroxylation is 2. The van der Waals surface area contributed by atoms with E-state index in [1.807, 2.05) is 6.92 Å². The van der Waals surface area contributed by atoms with Gasteiger partial charge in [0.25, 0.3) is 0 Å².